The van der Waals surface area contributed by atoms with Gasteiger partial charge in [0.25, 0.3) is 5.91 Å². The third-order valence-electron chi connectivity index (χ3n) is 7.14. The van der Waals surface area contributed by atoms with E-state index in [0.717, 1.165) is 27.8 Å². The van der Waals surface area contributed by atoms with E-state index in [0.29, 0.717) is 23.5 Å². The molecule has 200 valence electrons. The number of nitrogens with one attached hydrogen (secondary N) is 1. The number of H-pyrrole nitrogens is 1. The fourth-order valence-corrected chi connectivity index (χ4v) is 5.15. The van der Waals surface area contributed by atoms with Gasteiger partial charge >= 0.3 is 0 Å². The molecule has 5 rings (SSSR count). The first kappa shape index (κ1) is 25.9. The molecule has 1 aliphatic rings. The first-order valence-corrected chi connectivity index (χ1v) is 12.6. The summed E-state index contributed by atoms with van der Waals surface area (Å²) < 4.78 is 16.5. The minimum absolute atomic E-state index is 0.0480. The molecule has 1 amide bonds. The average Bonchev–Trinajstić information content (AvgIpc) is 3.48. The van der Waals surface area contributed by atoms with Crippen LogP contribution in [0.2, 0.25) is 0 Å². The van der Waals surface area contributed by atoms with E-state index < -0.39 is 17.7 Å². The number of aliphatic hydroxyl groups is 1. The van der Waals surface area contributed by atoms with E-state index in [4.69, 9.17) is 14.2 Å². The van der Waals surface area contributed by atoms with Gasteiger partial charge in [-0.3, -0.25) is 9.59 Å². The van der Waals surface area contributed by atoms with Crippen LogP contribution >= 0.6 is 0 Å². The molecule has 2 N–H and O–H groups in total. The molecule has 4 aromatic rings. The molecular formula is C31H30N2O6. The zero-order chi connectivity index (χ0) is 27.5. The minimum atomic E-state index is -0.849. The number of hydrogen-bond donors (Lipinski definition) is 2. The molecule has 0 radical (unpaired) electrons. The Hall–Kier alpha value is -4.72. The number of fused-ring (bicyclic) bond motifs is 1. The Labute approximate surface area is 226 Å². The van der Waals surface area contributed by atoms with Crippen molar-refractivity contribution in [3.8, 4) is 17.2 Å². The van der Waals surface area contributed by atoms with Crippen LogP contribution in [-0.2, 0) is 22.4 Å². The van der Waals surface area contributed by atoms with Crippen molar-refractivity contribution >= 4 is 22.6 Å². The molecule has 0 spiro atoms. The first-order valence-electron chi connectivity index (χ1n) is 12.6. The van der Waals surface area contributed by atoms with Crippen LogP contribution in [-0.4, -0.2) is 54.6 Å². The summed E-state index contributed by atoms with van der Waals surface area (Å²) in [7, 11) is 4.69. The highest BCUT2D eigenvalue weighted by atomic mass is 16.5. The maximum atomic E-state index is 13.6. The number of nitrogens with zero attached hydrogens (tertiary/aromatic N) is 1. The lowest BCUT2D eigenvalue weighted by Gasteiger charge is -2.28. The number of Topliss-reactive ketones (excluding diaryl/α,β-unsaturated/α-hetero) is 1. The molecule has 0 saturated carbocycles. The van der Waals surface area contributed by atoms with Crippen LogP contribution in [0.25, 0.3) is 10.9 Å². The molecule has 39 heavy (non-hydrogen) atoms. The van der Waals surface area contributed by atoms with Gasteiger partial charge in [-0.25, -0.2) is 0 Å². The summed E-state index contributed by atoms with van der Waals surface area (Å²) >= 11 is 0. The number of aromatic amines is 1. The summed E-state index contributed by atoms with van der Waals surface area (Å²) in [5.41, 5.74) is 3.33. The number of carbonyl (C=O) groups is 2. The second-order valence-corrected chi connectivity index (χ2v) is 9.33. The SMILES string of the molecule is COc1ccc(OC)c([C@@H]2C(C(=O)Cc3ccccc3)=C(O)C(=O)N2CCc2c[nH]c3ccc(OC)cc23)c1. The van der Waals surface area contributed by atoms with Crippen molar-refractivity contribution in [2.45, 2.75) is 18.9 Å². The number of amides is 1. The van der Waals surface area contributed by atoms with E-state index in [1.807, 2.05) is 54.7 Å². The standard InChI is InChI=1S/C31H30N2O6/c1-37-21-9-11-25-23(16-21)20(18-32-25)13-14-33-29(24-17-22(38-2)10-12-27(24)39-3)28(30(35)31(33)36)26(34)15-19-7-5-4-6-8-19/h4-12,16-18,29,32,35H,13-15H2,1-3H3/t29-/m1/s1. The molecule has 0 fully saturated rings. The van der Waals surface area contributed by atoms with Crippen LogP contribution < -0.4 is 14.2 Å². The fraction of sp³-hybridized carbons (Fsp3) is 0.226. The molecule has 1 aromatic heterocycles. The van der Waals surface area contributed by atoms with Crippen molar-refractivity contribution in [1.29, 1.82) is 0 Å². The molecule has 1 aliphatic heterocycles. The molecular weight excluding hydrogens is 496 g/mol. The van der Waals surface area contributed by atoms with Gasteiger partial charge in [0.05, 0.1) is 32.9 Å². The summed E-state index contributed by atoms with van der Waals surface area (Å²) in [6.07, 6.45) is 2.43. The Morgan fingerprint density at radius 1 is 0.949 bits per heavy atom. The maximum Gasteiger partial charge on any atom is 0.290 e. The Morgan fingerprint density at radius 3 is 2.38 bits per heavy atom. The Balaban J connectivity index is 1.54. The second kappa shape index (κ2) is 10.9. The number of ether oxygens (including phenoxy) is 3. The van der Waals surface area contributed by atoms with E-state index in [1.54, 1.807) is 32.4 Å². The van der Waals surface area contributed by atoms with E-state index in [-0.39, 0.29) is 24.3 Å². The summed E-state index contributed by atoms with van der Waals surface area (Å²) in [4.78, 5) is 31.9. The van der Waals surface area contributed by atoms with Crippen molar-refractivity contribution in [3.63, 3.8) is 0 Å². The quantitative estimate of drug-likeness (QED) is 0.304. The van der Waals surface area contributed by atoms with Crippen molar-refractivity contribution in [3.05, 3.63) is 101 Å². The lowest BCUT2D eigenvalue weighted by Crippen LogP contribution is -2.33. The maximum absolute atomic E-state index is 13.6. The van der Waals surface area contributed by atoms with Gasteiger partial charge in [0.1, 0.15) is 17.2 Å². The summed E-state index contributed by atoms with van der Waals surface area (Å²) in [6.45, 7) is 0.250. The van der Waals surface area contributed by atoms with Crippen LogP contribution in [0.15, 0.2) is 84.3 Å². The van der Waals surface area contributed by atoms with E-state index in [2.05, 4.69) is 4.98 Å². The van der Waals surface area contributed by atoms with Gasteiger partial charge < -0.3 is 29.2 Å². The van der Waals surface area contributed by atoms with E-state index in [9.17, 15) is 14.7 Å². The van der Waals surface area contributed by atoms with Crippen LogP contribution in [0.3, 0.4) is 0 Å². The molecule has 8 heteroatoms. The topological polar surface area (TPSA) is 101 Å². The van der Waals surface area contributed by atoms with Gasteiger partial charge in [0.2, 0.25) is 0 Å². The number of carbonyl (C=O) groups excluding carboxylic acids is 2. The fourth-order valence-electron chi connectivity index (χ4n) is 5.15. The molecule has 0 bridgehead atoms. The number of ketones is 1. The molecule has 2 heterocycles. The predicted molar refractivity (Wildman–Crippen MR) is 147 cm³/mol. The zero-order valence-corrected chi connectivity index (χ0v) is 22.1. The molecule has 1 atom stereocenters. The van der Waals surface area contributed by atoms with Gasteiger partial charge in [0.15, 0.2) is 11.5 Å². The molecule has 0 saturated heterocycles. The van der Waals surface area contributed by atoms with Crippen LogP contribution in [0, 0.1) is 0 Å². The summed E-state index contributed by atoms with van der Waals surface area (Å²) in [6, 6.07) is 19.4. The van der Waals surface area contributed by atoms with Gasteiger partial charge in [-0.15, -0.1) is 0 Å². The summed E-state index contributed by atoms with van der Waals surface area (Å²) in [5.74, 6) is 0.289. The highest BCUT2D eigenvalue weighted by Gasteiger charge is 2.44. The third kappa shape index (κ3) is 4.93. The number of aliphatic hydroxyl groups excluding tert-OH is 1. The van der Waals surface area contributed by atoms with Gasteiger partial charge in [0, 0.05) is 35.6 Å². The number of aromatic nitrogens is 1. The van der Waals surface area contributed by atoms with Crippen LogP contribution in [0.1, 0.15) is 22.7 Å². The smallest absolute Gasteiger partial charge is 0.290 e. The highest BCUT2D eigenvalue weighted by Crippen LogP contribution is 2.43. The van der Waals surface area contributed by atoms with Crippen molar-refractivity contribution in [2.24, 2.45) is 0 Å². The Kier molecular flexibility index (Phi) is 7.27. The van der Waals surface area contributed by atoms with Gasteiger partial charge in [-0.1, -0.05) is 30.3 Å². The lowest BCUT2D eigenvalue weighted by molar-refractivity contribution is -0.129. The number of hydrogen-bond acceptors (Lipinski definition) is 6. The van der Waals surface area contributed by atoms with Crippen molar-refractivity contribution in [2.75, 3.05) is 27.9 Å². The molecule has 3 aromatic carbocycles. The third-order valence-corrected chi connectivity index (χ3v) is 7.14. The molecule has 0 unspecified atom stereocenters. The van der Waals surface area contributed by atoms with Gasteiger partial charge in [-0.2, -0.15) is 0 Å². The van der Waals surface area contributed by atoms with E-state index >= 15 is 0 Å². The minimum Gasteiger partial charge on any atom is -0.503 e. The second-order valence-electron chi connectivity index (χ2n) is 9.33. The van der Waals surface area contributed by atoms with Crippen LogP contribution in [0.4, 0.5) is 0 Å². The van der Waals surface area contributed by atoms with Crippen molar-refractivity contribution in [1.82, 2.24) is 9.88 Å². The number of methoxy groups -OCH3 is 3. The Bertz CT molecular complexity index is 1560. The van der Waals surface area contributed by atoms with Crippen LogP contribution in [0.5, 0.6) is 17.2 Å². The normalized spacial score (nSPS) is 15.2. The summed E-state index contributed by atoms with van der Waals surface area (Å²) in [5, 5.41) is 12.0. The zero-order valence-electron chi connectivity index (χ0n) is 22.1. The van der Waals surface area contributed by atoms with E-state index in [1.165, 1.54) is 12.0 Å². The highest BCUT2D eigenvalue weighted by molar-refractivity contribution is 6.09. The Morgan fingerprint density at radius 2 is 1.67 bits per heavy atom. The largest absolute Gasteiger partial charge is 0.503 e. The predicted octanol–water partition coefficient (Wildman–Crippen LogP) is 4.94. The van der Waals surface area contributed by atoms with Gasteiger partial charge in [-0.05, 0) is 53.9 Å². The number of rotatable bonds is 10. The first-order chi connectivity index (χ1) is 18.9. The molecule has 0 aliphatic carbocycles. The molecule has 8 nitrogen and oxygen atoms in total. The number of benzene rings is 3. The van der Waals surface area contributed by atoms with Crippen molar-refractivity contribution < 1.29 is 28.9 Å². The average molecular weight is 527 g/mol. The monoisotopic (exact) mass is 526 g/mol. The lowest BCUT2D eigenvalue weighted by atomic mass is 9.92.